The van der Waals surface area contributed by atoms with Crippen molar-refractivity contribution in [2.45, 2.75) is 62.9 Å². The third kappa shape index (κ3) is 6.12. The van der Waals surface area contributed by atoms with Crippen LogP contribution in [0.3, 0.4) is 0 Å². The van der Waals surface area contributed by atoms with Gasteiger partial charge in [-0.15, -0.1) is 0 Å². The van der Waals surface area contributed by atoms with Crippen LogP contribution in [0.1, 0.15) is 44.7 Å². The molecule has 2 saturated heterocycles. The molecule has 7 atom stereocenters. The Morgan fingerprint density at radius 3 is 2.46 bits per heavy atom. The molecule has 0 saturated carbocycles. The molecule has 2 fully saturated rings. The van der Waals surface area contributed by atoms with Gasteiger partial charge in [0.2, 0.25) is 11.8 Å². The number of aliphatic hydroxyl groups excluding tert-OH is 1. The molecule has 2 aromatic carbocycles. The van der Waals surface area contributed by atoms with Crippen molar-refractivity contribution in [2.24, 2.45) is 17.8 Å². The number of esters is 1. The number of fused-ring (bicyclic) bond motifs is 2. The first kappa shape index (κ1) is 33.4. The van der Waals surface area contributed by atoms with Gasteiger partial charge in [-0.3, -0.25) is 19.2 Å². The first-order valence-electron chi connectivity index (χ1n) is 16.6. The number of nitrogens with zero attached hydrogens (tertiary/aromatic N) is 2. The Kier molecular flexibility index (Phi) is 9.70. The van der Waals surface area contributed by atoms with Crippen LogP contribution in [0.15, 0.2) is 78.9 Å². The number of hydrogen-bond acceptors (Lipinski definition) is 8. The van der Waals surface area contributed by atoms with E-state index in [9.17, 15) is 19.5 Å². The minimum Gasteiger partial charge on any atom is -0.497 e. The molecule has 4 heterocycles. The van der Waals surface area contributed by atoms with E-state index < -0.39 is 65.4 Å². The SMILES string of the molecule is COc1ccc(N2C/C=C\CCC(=O)OC[C@H](c3ccccc3)NC(=O)[C@@H]3[C@H]4C(=O)N([C@@H](CO)CC(C)C)[C@H](C2=O)[C@]42C=C[C@H]3O2)cc1. The third-order valence-corrected chi connectivity index (χ3v) is 9.75. The normalized spacial score (nSPS) is 30.3. The number of nitrogens with one attached hydrogen (secondary N) is 1. The Balaban J connectivity index is 1.46. The smallest absolute Gasteiger partial charge is 0.306 e. The molecule has 2 aromatic rings. The molecule has 1 spiro atoms. The maximum Gasteiger partial charge on any atom is 0.306 e. The van der Waals surface area contributed by atoms with Gasteiger partial charge in [-0.25, -0.2) is 0 Å². The number of allylic oxidation sites excluding steroid dienone is 1. The van der Waals surface area contributed by atoms with Crippen LogP contribution in [0.25, 0.3) is 0 Å². The van der Waals surface area contributed by atoms with Gasteiger partial charge >= 0.3 is 5.97 Å². The van der Waals surface area contributed by atoms with Crippen molar-refractivity contribution in [1.29, 1.82) is 0 Å². The Labute approximate surface area is 280 Å². The zero-order valence-electron chi connectivity index (χ0n) is 27.5. The van der Waals surface area contributed by atoms with E-state index in [0.29, 0.717) is 24.3 Å². The molecular formula is C37H43N3O8. The number of methoxy groups -OCH3 is 1. The summed E-state index contributed by atoms with van der Waals surface area (Å²) >= 11 is 0. The lowest BCUT2D eigenvalue weighted by Gasteiger charge is -2.39. The van der Waals surface area contributed by atoms with Crippen molar-refractivity contribution in [2.75, 3.05) is 31.8 Å². The summed E-state index contributed by atoms with van der Waals surface area (Å²) in [6, 6.07) is 13.7. The summed E-state index contributed by atoms with van der Waals surface area (Å²) in [7, 11) is 1.56. The molecule has 5 bridgehead atoms. The van der Waals surface area contributed by atoms with Crippen LogP contribution >= 0.6 is 0 Å². The van der Waals surface area contributed by atoms with Crippen molar-refractivity contribution in [3.05, 3.63) is 84.5 Å². The summed E-state index contributed by atoms with van der Waals surface area (Å²) in [5, 5.41) is 13.7. The summed E-state index contributed by atoms with van der Waals surface area (Å²) in [5.74, 6) is -2.91. The predicted molar refractivity (Wildman–Crippen MR) is 177 cm³/mol. The van der Waals surface area contributed by atoms with E-state index >= 15 is 4.79 Å². The highest BCUT2D eigenvalue weighted by atomic mass is 16.5. The number of benzene rings is 2. The molecular weight excluding hydrogens is 614 g/mol. The van der Waals surface area contributed by atoms with Crippen molar-refractivity contribution in [1.82, 2.24) is 10.2 Å². The summed E-state index contributed by atoms with van der Waals surface area (Å²) in [6.07, 6.45) is 7.35. The van der Waals surface area contributed by atoms with Crippen LogP contribution in [0, 0.1) is 17.8 Å². The lowest BCUT2D eigenvalue weighted by molar-refractivity contribution is -0.146. The van der Waals surface area contributed by atoms with Gasteiger partial charge in [0, 0.05) is 18.7 Å². The molecule has 11 heteroatoms. The Morgan fingerprint density at radius 2 is 1.77 bits per heavy atom. The van der Waals surface area contributed by atoms with Gasteiger partial charge in [-0.2, -0.15) is 0 Å². The number of aliphatic hydroxyl groups is 1. The molecule has 6 rings (SSSR count). The summed E-state index contributed by atoms with van der Waals surface area (Å²) in [4.78, 5) is 59.7. The maximum absolute atomic E-state index is 15.0. The standard InChI is InChI=1S/C37H43N3O8/c1-23(2)20-26(21-41)40-33-36(45)39(25-13-15-27(46-3)16-14-25)19-9-5-8-12-30(42)47-22-28(24-10-6-4-7-11-24)38-34(43)31-29-17-18-37(33,48-29)32(31)35(40)44/h4-7,9-11,13-18,23,26,28-29,31-33,41H,8,12,19-22H2,1-3H3,(H,38,43)/b9-5-/t26-,28-,29-,31+,32+,33-,37+/m1/s1. The highest BCUT2D eigenvalue weighted by Gasteiger charge is 2.73. The molecule has 3 amide bonds. The second-order valence-corrected chi connectivity index (χ2v) is 13.2. The van der Waals surface area contributed by atoms with Crippen LogP contribution < -0.4 is 15.0 Å². The van der Waals surface area contributed by atoms with Gasteiger partial charge < -0.3 is 34.4 Å². The van der Waals surface area contributed by atoms with E-state index in [1.54, 1.807) is 48.4 Å². The zero-order chi connectivity index (χ0) is 34.0. The minimum absolute atomic E-state index is 0.0877. The minimum atomic E-state index is -1.43. The van der Waals surface area contributed by atoms with Gasteiger partial charge in [0.15, 0.2) is 0 Å². The molecule has 0 unspecified atom stereocenters. The van der Waals surface area contributed by atoms with Crippen LogP contribution in [0.2, 0.25) is 0 Å². The van der Waals surface area contributed by atoms with Crippen molar-refractivity contribution < 1.29 is 38.5 Å². The van der Waals surface area contributed by atoms with E-state index in [2.05, 4.69) is 5.32 Å². The number of likely N-dealkylation sites (tertiary alicyclic amines) is 1. The number of carbonyl (C=O) groups excluding carboxylic acids is 4. The molecule has 48 heavy (non-hydrogen) atoms. The fourth-order valence-corrected chi connectivity index (χ4v) is 7.56. The largest absolute Gasteiger partial charge is 0.497 e. The van der Waals surface area contributed by atoms with Gasteiger partial charge in [-0.05, 0) is 48.6 Å². The highest BCUT2D eigenvalue weighted by molar-refractivity contribution is 6.05. The Morgan fingerprint density at radius 1 is 1.02 bits per heavy atom. The van der Waals surface area contributed by atoms with Crippen LogP contribution in [-0.4, -0.2) is 84.4 Å². The fraction of sp³-hybridized carbons (Fsp3) is 0.459. The Bertz CT molecular complexity index is 1570. The van der Waals surface area contributed by atoms with Crippen molar-refractivity contribution in [3.63, 3.8) is 0 Å². The Hall–Kier alpha value is -4.48. The van der Waals surface area contributed by atoms with E-state index in [4.69, 9.17) is 14.2 Å². The average molecular weight is 658 g/mol. The lowest BCUT2D eigenvalue weighted by Crippen LogP contribution is -2.59. The number of anilines is 1. The van der Waals surface area contributed by atoms with Gasteiger partial charge in [-0.1, -0.05) is 68.5 Å². The number of hydrogen-bond donors (Lipinski definition) is 2. The highest BCUT2D eigenvalue weighted by Crippen LogP contribution is 2.56. The summed E-state index contributed by atoms with van der Waals surface area (Å²) < 4.78 is 17.6. The van der Waals surface area contributed by atoms with E-state index in [0.717, 1.165) is 5.56 Å². The first-order chi connectivity index (χ1) is 23.2. The molecule has 11 nitrogen and oxygen atoms in total. The zero-order valence-corrected chi connectivity index (χ0v) is 27.5. The summed E-state index contributed by atoms with van der Waals surface area (Å²) in [5.41, 5.74) is -0.121. The molecule has 254 valence electrons. The quantitative estimate of drug-likeness (QED) is 0.342. The van der Waals surface area contributed by atoms with Crippen LogP contribution in [-0.2, 0) is 28.7 Å². The van der Waals surface area contributed by atoms with Crippen LogP contribution in [0.4, 0.5) is 5.69 Å². The summed E-state index contributed by atoms with van der Waals surface area (Å²) in [6.45, 7) is 3.68. The lowest BCUT2D eigenvalue weighted by atomic mass is 9.74. The predicted octanol–water partition coefficient (Wildman–Crippen LogP) is 3.34. The molecule has 2 N–H and O–H groups in total. The molecule has 0 aromatic heterocycles. The topological polar surface area (TPSA) is 135 Å². The van der Waals surface area contributed by atoms with E-state index in [1.165, 1.54) is 4.90 Å². The number of rotatable bonds is 7. The van der Waals surface area contributed by atoms with E-state index in [-0.39, 0.29) is 32.1 Å². The van der Waals surface area contributed by atoms with Crippen molar-refractivity contribution in [3.8, 4) is 5.75 Å². The maximum atomic E-state index is 15.0. The van der Waals surface area contributed by atoms with E-state index in [1.807, 2.05) is 56.3 Å². The molecule has 4 aliphatic rings. The molecule has 4 aliphatic heterocycles. The van der Waals surface area contributed by atoms with Gasteiger partial charge in [0.1, 0.15) is 24.0 Å². The van der Waals surface area contributed by atoms with Gasteiger partial charge in [0.25, 0.3) is 5.91 Å². The van der Waals surface area contributed by atoms with Crippen molar-refractivity contribution >= 4 is 29.4 Å². The fourth-order valence-electron chi connectivity index (χ4n) is 7.56. The molecule has 0 aliphatic carbocycles. The second kappa shape index (κ2) is 13.9. The third-order valence-electron chi connectivity index (χ3n) is 9.75. The first-order valence-corrected chi connectivity index (χ1v) is 16.6. The number of ether oxygens (including phenoxy) is 3. The number of cyclic esters (lactones) is 1. The van der Waals surface area contributed by atoms with Gasteiger partial charge in [0.05, 0.1) is 43.7 Å². The molecule has 0 radical (unpaired) electrons. The monoisotopic (exact) mass is 657 g/mol. The number of carbonyl (C=O) groups is 4. The number of amides is 3. The average Bonchev–Trinajstić information content (AvgIpc) is 3.74. The second-order valence-electron chi connectivity index (χ2n) is 13.2. The van der Waals surface area contributed by atoms with Crippen LogP contribution in [0.5, 0.6) is 5.75 Å².